The van der Waals surface area contributed by atoms with Gasteiger partial charge in [0.1, 0.15) is 23.7 Å². The van der Waals surface area contributed by atoms with E-state index in [1.807, 2.05) is 49.9 Å². The van der Waals surface area contributed by atoms with E-state index < -0.39 is 24.3 Å². The molecule has 2 saturated carbocycles. The molecule has 12 rings (SSSR count). The van der Waals surface area contributed by atoms with Crippen molar-refractivity contribution in [3.05, 3.63) is 82.7 Å². The third kappa shape index (κ3) is 8.96. The van der Waals surface area contributed by atoms with Crippen molar-refractivity contribution in [1.29, 1.82) is 0 Å². The Morgan fingerprint density at radius 3 is 1.41 bits per heavy atom. The van der Waals surface area contributed by atoms with Gasteiger partial charge in [-0.15, -0.1) is 0 Å². The molecule has 66 heavy (non-hydrogen) atoms. The van der Waals surface area contributed by atoms with Crippen molar-refractivity contribution in [3.63, 3.8) is 0 Å². The molecule has 2 saturated heterocycles. The molecule has 2 aliphatic heterocycles. The number of benzene rings is 2. The van der Waals surface area contributed by atoms with Crippen molar-refractivity contribution in [2.45, 2.75) is 154 Å². The first-order valence-electron chi connectivity index (χ1n) is 24.6. The minimum atomic E-state index is -0.694. The van der Waals surface area contributed by atoms with Crippen LogP contribution in [-0.2, 0) is 44.7 Å². The summed E-state index contributed by atoms with van der Waals surface area (Å²) in [4.78, 5) is 75.2. The molecule has 4 N–H and O–H groups in total. The molecular weight excluding hydrogens is 833 g/mol. The molecule has 4 fully saturated rings. The van der Waals surface area contributed by atoms with E-state index in [1.54, 1.807) is 0 Å². The standard InChI is InChI=1S/C52H68N8O6/c1-29(2)45(57-51(63)65-5)49(61)59-41-13-9-7-11-35(41)25-43(59)47-53-27-39(55-47)37-23-31-15-19-33(37)21-17-32-16-20-34(22-18-31)38(24-32)40-28-54-48(56-40)44-26-36-12-8-10-14-42(36)60(44)50(62)46(30(3)4)58-52(64)66-6/h15-16,19-20,23-24,27-30,35-36,41-46H,7-14,17-18,21-22,25-26H2,1-6H3,(H,53,55)(H,54,56)(H,57,63)(H,58,64). The Bertz CT molecular complexity index is 2260. The average molecular weight is 901 g/mol. The highest BCUT2D eigenvalue weighted by atomic mass is 16.5. The van der Waals surface area contributed by atoms with Crippen LogP contribution in [0.15, 0.2) is 48.8 Å². The molecule has 4 heterocycles. The summed E-state index contributed by atoms with van der Waals surface area (Å²) in [7, 11) is 2.66. The van der Waals surface area contributed by atoms with Crippen molar-refractivity contribution in [3.8, 4) is 22.5 Å². The zero-order chi connectivity index (χ0) is 46.2. The summed E-state index contributed by atoms with van der Waals surface area (Å²) < 4.78 is 9.84. The number of imidazole rings is 2. The first-order chi connectivity index (χ1) is 31.9. The van der Waals surface area contributed by atoms with Crippen LogP contribution in [0.2, 0.25) is 0 Å². The summed E-state index contributed by atoms with van der Waals surface area (Å²) in [6, 6.07) is 12.1. The van der Waals surface area contributed by atoms with Gasteiger partial charge in [0.2, 0.25) is 11.8 Å². The Kier molecular flexibility index (Phi) is 13.3. The fourth-order valence-electron chi connectivity index (χ4n) is 12.1. The lowest BCUT2D eigenvalue weighted by atomic mass is 9.84. The molecule has 4 bridgehead atoms. The van der Waals surface area contributed by atoms with Gasteiger partial charge in [-0.25, -0.2) is 19.6 Å². The quantitative estimate of drug-likeness (QED) is 0.122. The molecule has 8 aliphatic rings. The molecule has 352 valence electrons. The molecule has 14 nitrogen and oxygen atoms in total. The predicted octanol–water partition coefficient (Wildman–Crippen LogP) is 8.78. The van der Waals surface area contributed by atoms with Crippen LogP contribution >= 0.6 is 0 Å². The minimum absolute atomic E-state index is 0.0700. The Balaban J connectivity index is 0.964. The monoisotopic (exact) mass is 901 g/mol. The molecule has 0 spiro atoms. The predicted molar refractivity (Wildman–Crippen MR) is 251 cm³/mol. The fourth-order valence-corrected chi connectivity index (χ4v) is 12.1. The summed E-state index contributed by atoms with van der Waals surface area (Å²) in [6.45, 7) is 7.84. The average Bonchev–Trinajstić information content (AvgIpc) is 4.15. The number of alkyl carbamates (subject to hydrolysis) is 2. The molecule has 0 radical (unpaired) electrons. The Morgan fingerprint density at radius 1 is 0.606 bits per heavy atom. The summed E-state index contributed by atoms with van der Waals surface area (Å²) in [5.74, 6) is 2.02. The van der Waals surface area contributed by atoms with Crippen LogP contribution in [0.3, 0.4) is 0 Å². The van der Waals surface area contributed by atoms with Crippen molar-refractivity contribution >= 4 is 24.0 Å². The van der Waals surface area contributed by atoms with Gasteiger partial charge >= 0.3 is 12.2 Å². The van der Waals surface area contributed by atoms with Crippen LogP contribution in [0.25, 0.3) is 22.5 Å². The highest BCUT2D eigenvalue weighted by Gasteiger charge is 2.50. The van der Waals surface area contributed by atoms with Crippen LogP contribution in [0.5, 0.6) is 0 Å². The molecule has 4 aromatic rings. The number of aromatic nitrogens is 4. The Morgan fingerprint density at radius 2 is 1.02 bits per heavy atom. The molecule has 2 aromatic heterocycles. The van der Waals surface area contributed by atoms with Crippen LogP contribution in [0.4, 0.5) is 9.59 Å². The van der Waals surface area contributed by atoms with E-state index in [-0.39, 0.29) is 47.8 Å². The largest absolute Gasteiger partial charge is 0.453 e. The zero-order valence-electron chi connectivity index (χ0n) is 39.5. The number of H-pyrrole nitrogens is 2. The van der Waals surface area contributed by atoms with E-state index in [2.05, 4.69) is 57.0 Å². The normalized spacial score (nSPS) is 24.6. The van der Waals surface area contributed by atoms with Gasteiger partial charge in [0.05, 0.1) is 50.1 Å². The second-order valence-electron chi connectivity index (χ2n) is 20.3. The first-order valence-corrected chi connectivity index (χ1v) is 24.6. The number of likely N-dealkylation sites (tertiary alicyclic amines) is 2. The Hall–Kier alpha value is -5.66. The summed E-state index contributed by atoms with van der Waals surface area (Å²) >= 11 is 0. The van der Waals surface area contributed by atoms with Crippen molar-refractivity contribution in [1.82, 2.24) is 40.4 Å². The Labute approximate surface area is 388 Å². The molecule has 14 heteroatoms. The number of aromatic amines is 2. The number of hydrogen-bond donors (Lipinski definition) is 4. The number of fused-ring (bicyclic) bond motifs is 2. The van der Waals surface area contributed by atoms with Crippen molar-refractivity contribution in [2.75, 3.05) is 14.2 Å². The maximum Gasteiger partial charge on any atom is 0.407 e. The smallest absolute Gasteiger partial charge is 0.407 e. The lowest BCUT2D eigenvalue weighted by molar-refractivity contribution is -0.139. The van der Waals surface area contributed by atoms with Crippen LogP contribution < -0.4 is 10.6 Å². The number of ether oxygens (including phenoxy) is 2. The molecular formula is C52H68N8O6. The van der Waals surface area contributed by atoms with E-state index in [1.165, 1.54) is 36.5 Å². The third-order valence-electron chi connectivity index (χ3n) is 15.6. The number of hydrogen-bond acceptors (Lipinski definition) is 8. The number of aryl methyl sites for hydroxylation is 4. The molecule has 6 aliphatic carbocycles. The van der Waals surface area contributed by atoms with Gasteiger partial charge in [-0.05, 0) is 122 Å². The van der Waals surface area contributed by atoms with Gasteiger partial charge in [-0.3, -0.25) is 9.59 Å². The molecule has 8 atom stereocenters. The number of rotatable bonds is 10. The van der Waals surface area contributed by atoms with Gasteiger partial charge in [0.25, 0.3) is 0 Å². The highest BCUT2D eigenvalue weighted by molar-refractivity contribution is 5.87. The SMILES string of the molecule is COC(=O)NC(C(=O)N1C(c2ncc(-c3cc4ccc3CCc3ccc(c(-c5cnc(C6CC7CCCCC7N6C(=O)C(NC(=O)OC)C(C)C)[nH]5)c3)CC4)[nH]2)CC2CCCCC21)C(C)C. The number of methoxy groups -OCH3 is 2. The maximum atomic E-state index is 14.4. The number of nitrogens with one attached hydrogen (secondary N) is 4. The molecule has 8 unspecified atom stereocenters. The minimum Gasteiger partial charge on any atom is -0.453 e. The second-order valence-corrected chi connectivity index (χ2v) is 20.3. The van der Waals surface area contributed by atoms with Gasteiger partial charge in [-0.2, -0.15) is 0 Å². The second kappa shape index (κ2) is 19.3. The lowest BCUT2D eigenvalue weighted by Crippen LogP contribution is -2.53. The highest BCUT2D eigenvalue weighted by Crippen LogP contribution is 2.48. The van der Waals surface area contributed by atoms with E-state index >= 15 is 0 Å². The number of nitrogens with zero attached hydrogens (tertiary/aromatic N) is 4. The lowest BCUT2D eigenvalue weighted by Gasteiger charge is -2.36. The fraction of sp³-hybridized carbons (Fsp3) is 0.577. The van der Waals surface area contributed by atoms with Gasteiger partial charge in [0, 0.05) is 23.2 Å². The third-order valence-corrected chi connectivity index (χ3v) is 15.6. The van der Waals surface area contributed by atoms with E-state index in [0.717, 1.165) is 124 Å². The number of amides is 4. The van der Waals surface area contributed by atoms with E-state index in [9.17, 15) is 19.2 Å². The van der Waals surface area contributed by atoms with E-state index in [4.69, 9.17) is 19.4 Å². The summed E-state index contributed by atoms with van der Waals surface area (Å²) in [5, 5.41) is 5.66. The van der Waals surface area contributed by atoms with Crippen LogP contribution in [0.1, 0.15) is 138 Å². The van der Waals surface area contributed by atoms with Crippen LogP contribution in [-0.4, -0.2) is 92.1 Å². The van der Waals surface area contributed by atoms with Crippen LogP contribution in [0, 0.1) is 23.7 Å². The zero-order valence-corrected chi connectivity index (χ0v) is 39.5. The topological polar surface area (TPSA) is 175 Å². The van der Waals surface area contributed by atoms with Gasteiger partial charge < -0.3 is 39.9 Å². The number of carbonyl (C=O) groups excluding carboxylic acids is 4. The summed E-state index contributed by atoms with van der Waals surface area (Å²) in [6.07, 6.45) is 16.3. The van der Waals surface area contributed by atoms with E-state index in [0.29, 0.717) is 11.8 Å². The van der Waals surface area contributed by atoms with Crippen molar-refractivity contribution in [2.24, 2.45) is 23.7 Å². The van der Waals surface area contributed by atoms with Gasteiger partial charge in [-0.1, -0.05) is 77.6 Å². The van der Waals surface area contributed by atoms with Gasteiger partial charge in [0.15, 0.2) is 0 Å². The summed E-state index contributed by atoms with van der Waals surface area (Å²) in [5.41, 5.74) is 9.09. The first kappa shape index (κ1) is 45.5. The molecule has 2 aromatic carbocycles. The van der Waals surface area contributed by atoms with Crippen molar-refractivity contribution < 1.29 is 28.7 Å². The maximum absolute atomic E-state index is 14.4. The number of carbonyl (C=O) groups is 4. The molecule has 4 amide bonds.